The van der Waals surface area contributed by atoms with E-state index in [1.54, 1.807) is 30.5 Å². The first-order chi connectivity index (χ1) is 8.61. The van der Waals surface area contributed by atoms with Gasteiger partial charge in [-0.1, -0.05) is 11.6 Å². The van der Waals surface area contributed by atoms with E-state index in [9.17, 15) is 4.79 Å². The third-order valence-corrected chi connectivity index (χ3v) is 3.61. The van der Waals surface area contributed by atoms with E-state index >= 15 is 0 Å². The Balaban J connectivity index is 2.38. The Kier molecular flexibility index (Phi) is 3.99. The molecule has 0 aliphatic rings. The van der Waals surface area contributed by atoms with E-state index in [2.05, 4.69) is 20.9 Å². The molecule has 5 heteroatoms. The van der Waals surface area contributed by atoms with E-state index < -0.39 is 0 Å². The van der Waals surface area contributed by atoms with E-state index in [1.807, 2.05) is 0 Å². The Hall–Kier alpha value is -1.39. The van der Waals surface area contributed by atoms with Crippen LogP contribution in [0.4, 0.5) is 0 Å². The summed E-state index contributed by atoms with van der Waals surface area (Å²) in [7, 11) is 1.53. The fourth-order valence-electron chi connectivity index (χ4n) is 1.46. The van der Waals surface area contributed by atoms with Crippen molar-refractivity contribution in [3.05, 3.63) is 57.3 Å². The molecule has 3 nitrogen and oxygen atoms in total. The van der Waals surface area contributed by atoms with Crippen LogP contribution in [0.2, 0.25) is 5.02 Å². The highest BCUT2D eigenvalue weighted by molar-refractivity contribution is 9.10. The van der Waals surface area contributed by atoms with E-state index in [4.69, 9.17) is 16.3 Å². The Morgan fingerprint density at radius 2 is 2.06 bits per heavy atom. The van der Waals surface area contributed by atoms with Gasteiger partial charge in [0.25, 0.3) is 0 Å². The second-order valence-electron chi connectivity index (χ2n) is 3.57. The predicted molar refractivity (Wildman–Crippen MR) is 73.4 cm³/mol. The maximum absolute atomic E-state index is 12.2. The lowest BCUT2D eigenvalue weighted by Crippen LogP contribution is -2.02. The maximum atomic E-state index is 12.2. The zero-order valence-corrected chi connectivity index (χ0v) is 11.8. The van der Waals surface area contributed by atoms with Crippen molar-refractivity contribution in [1.29, 1.82) is 0 Å². The van der Waals surface area contributed by atoms with Crippen molar-refractivity contribution in [1.82, 2.24) is 4.98 Å². The average molecular weight is 327 g/mol. The summed E-state index contributed by atoms with van der Waals surface area (Å²) in [6.07, 6.45) is 3.06. The fraction of sp³-hybridized carbons (Fsp3) is 0.0769. The van der Waals surface area contributed by atoms with Crippen LogP contribution < -0.4 is 4.74 Å². The van der Waals surface area contributed by atoms with Gasteiger partial charge in [-0.25, -0.2) is 0 Å². The molecule has 1 aromatic heterocycles. The largest absolute Gasteiger partial charge is 0.495 e. The molecule has 0 atom stereocenters. The summed E-state index contributed by atoms with van der Waals surface area (Å²) in [6.45, 7) is 0. The quantitative estimate of drug-likeness (QED) is 0.807. The Labute approximate surface area is 118 Å². The molecule has 0 saturated carbocycles. The highest BCUT2D eigenvalue weighted by atomic mass is 79.9. The molecule has 18 heavy (non-hydrogen) atoms. The molecule has 92 valence electrons. The third-order valence-electron chi connectivity index (χ3n) is 2.39. The summed E-state index contributed by atoms with van der Waals surface area (Å²) in [6, 6.07) is 6.68. The molecule has 1 aromatic carbocycles. The van der Waals surface area contributed by atoms with Crippen LogP contribution in [0.15, 0.2) is 41.1 Å². The Morgan fingerprint density at radius 1 is 1.28 bits per heavy atom. The first-order valence-corrected chi connectivity index (χ1v) is 6.27. The van der Waals surface area contributed by atoms with Crippen molar-refractivity contribution in [2.45, 2.75) is 0 Å². The number of nitrogens with zero attached hydrogens (tertiary/aromatic N) is 1. The highest BCUT2D eigenvalue weighted by Gasteiger charge is 2.11. The lowest BCUT2D eigenvalue weighted by Gasteiger charge is -2.04. The Morgan fingerprint density at radius 3 is 2.72 bits per heavy atom. The van der Waals surface area contributed by atoms with Gasteiger partial charge in [0.2, 0.25) is 0 Å². The molecule has 0 amide bonds. The maximum Gasteiger partial charge on any atom is 0.194 e. The number of pyridine rings is 1. The first-order valence-electron chi connectivity index (χ1n) is 5.10. The second-order valence-corrected chi connectivity index (χ2v) is 4.83. The molecule has 2 aromatic rings. The summed E-state index contributed by atoms with van der Waals surface area (Å²) in [5.74, 6) is 0.424. The number of methoxy groups -OCH3 is 1. The lowest BCUT2D eigenvalue weighted by atomic mass is 10.1. The van der Waals surface area contributed by atoms with Crippen LogP contribution in [0.5, 0.6) is 5.75 Å². The standard InChI is InChI=1S/C13H9BrClNO2/c1-18-10-4-9(6-16-7-10)13(17)8-2-3-12(15)11(14)5-8/h2-7H,1H3. The van der Waals surface area contributed by atoms with Gasteiger partial charge in [-0.15, -0.1) is 0 Å². The van der Waals surface area contributed by atoms with Crippen LogP contribution in [0.3, 0.4) is 0 Å². The number of hydrogen-bond acceptors (Lipinski definition) is 3. The van der Waals surface area contributed by atoms with E-state index in [-0.39, 0.29) is 5.78 Å². The molecular weight excluding hydrogens is 318 g/mol. The topological polar surface area (TPSA) is 39.2 Å². The van der Waals surface area contributed by atoms with Crippen LogP contribution >= 0.6 is 27.5 Å². The number of carbonyl (C=O) groups excluding carboxylic acids is 1. The molecule has 0 aliphatic heterocycles. The molecule has 2 rings (SSSR count). The first kappa shape index (κ1) is 13.1. The lowest BCUT2D eigenvalue weighted by molar-refractivity contribution is 0.103. The molecule has 1 heterocycles. The van der Waals surface area contributed by atoms with Crippen LogP contribution in [-0.2, 0) is 0 Å². The molecule has 0 bridgehead atoms. The van der Waals surface area contributed by atoms with Gasteiger partial charge in [0, 0.05) is 21.8 Å². The number of carbonyl (C=O) groups is 1. The predicted octanol–water partition coefficient (Wildman–Crippen LogP) is 3.74. The minimum Gasteiger partial charge on any atom is -0.495 e. The monoisotopic (exact) mass is 325 g/mol. The molecule has 0 saturated heterocycles. The van der Waals surface area contributed by atoms with Crippen LogP contribution in [0.25, 0.3) is 0 Å². The number of hydrogen-bond donors (Lipinski definition) is 0. The van der Waals surface area contributed by atoms with Gasteiger partial charge in [-0.2, -0.15) is 0 Å². The van der Waals surface area contributed by atoms with Gasteiger partial charge in [-0.3, -0.25) is 9.78 Å². The van der Waals surface area contributed by atoms with Gasteiger partial charge in [0.05, 0.1) is 18.3 Å². The minimum absolute atomic E-state index is 0.126. The van der Waals surface area contributed by atoms with Crippen LogP contribution in [-0.4, -0.2) is 17.9 Å². The zero-order chi connectivity index (χ0) is 13.1. The SMILES string of the molecule is COc1cncc(C(=O)c2ccc(Cl)c(Br)c2)c1. The van der Waals surface area contributed by atoms with Crippen molar-refractivity contribution in [2.75, 3.05) is 7.11 Å². The highest BCUT2D eigenvalue weighted by Crippen LogP contribution is 2.24. The summed E-state index contributed by atoms with van der Waals surface area (Å²) < 4.78 is 5.72. The fourth-order valence-corrected chi connectivity index (χ4v) is 1.96. The number of benzene rings is 1. The molecular formula is C13H9BrClNO2. The second kappa shape index (κ2) is 5.50. The summed E-state index contributed by atoms with van der Waals surface area (Å²) in [5.41, 5.74) is 1.02. The summed E-state index contributed by atoms with van der Waals surface area (Å²) >= 11 is 9.18. The molecule has 0 spiro atoms. The Bertz CT molecular complexity index is 601. The third kappa shape index (κ3) is 2.71. The number of aromatic nitrogens is 1. The van der Waals surface area contributed by atoms with Crippen molar-refractivity contribution >= 4 is 33.3 Å². The van der Waals surface area contributed by atoms with E-state index in [1.165, 1.54) is 13.3 Å². The van der Waals surface area contributed by atoms with E-state index in [0.717, 1.165) is 0 Å². The van der Waals surface area contributed by atoms with Crippen LogP contribution in [0.1, 0.15) is 15.9 Å². The van der Waals surface area contributed by atoms with Crippen molar-refractivity contribution in [3.8, 4) is 5.75 Å². The smallest absolute Gasteiger partial charge is 0.194 e. The molecule has 0 radical (unpaired) electrons. The van der Waals surface area contributed by atoms with Crippen molar-refractivity contribution in [2.24, 2.45) is 0 Å². The minimum atomic E-state index is -0.126. The van der Waals surface area contributed by atoms with Gasteiger partial charge in [0.1, 0.15) is 5.75 Å². The average Bonchev–Trinajstić information content (AvgIpc) is 2.41. The van der Waals surface area contributed by atoms with Gasteiger partial charge >= 0.3 is 0 Å². The number of rotatable bonds is 3. The zero-order valence-electron chi connectivity index (χ0n) is 9.48. The van der Waals surface area contributed by atoms with Crippen molar-refractivity contribution in [3.63, 3.8) is 0 Å². The van der Waals surface area contributed by atoms with Gasteiger partial charge in [-0.05, 0) is 40.2 Å². The number of ketones is 1. The molecule has 0 aliphatic carbocycles. The number of halogens is 2. The van der Waals surface area contributed by atoms with Gasteiger partial charge < -0.3 is 4.74 Å². The summed E-state index contributed by atoms with van der Waals surface area (Å²) in [5, 5.41) is 0.565. The molecule has 0 fully saturated rings. The van der Waals surface area contributed by atoms with Gasteiger partial charge in [0.15, 0.2) is 5.78 Å². The normalized spacial score (nSPS) is 10.2. The molecule has 0 N–H and O–H groups in total. The summed E-state index contributed by atoms with van der Waals surface area (Å²) in [4.78, 5) is 16.2. The van der Waals surface area contributed by atoms with Crippen molar-refractivity contribution < 1.29 is 9.53 Å². The number of ether oxygens (including phenoxy) is 1. The van der Waals surface area contributed by atoms with Crippen LogP contribution in [0, 0.1) is 0 Å². The van der Waals surface area contributed by atoms with E-state index in [0.29, 0.717) is 26.4 Å². The molecule has 0 unspecified atom stereocenters.